The van der Waals surface area contributed by atoms with E-state index in [9.17, 15) is 23.7 Å². The highest BCUT2D eigenvalue weighted by atomic mass is 32.2. The Bertz CT molecular complexity index is 979. The average molecular weight is 437 g/mol. The molecule has 3 rings (SSSR count). The van der Waals surface area contributed by atoms with Crippen LogP contribution in [0.5, 0.6) is 17.2 Å². The van der Waals surface area contributed by atoms with Gasteiger partial charge in [0.05, 0.1) is 11.9 Å². The Labute approximate surface area is 176 Å². The molecule has 0 aliphatic heterocycles. The number of phenolic OH excluding ortho intramolecular Hbond substituents is 2. The first-order valence-corrected chi connectivity index (χ1v) is 11.7. The Kier molecular flexibility index (Phi) is 7.06. The molecule has 0 fully saturated rings. The molecule has 164 valence electrons. The fourth-order valence-electron chi connectivity index (χ4n) is 3.66. The zero-order valence-electron chi connectivity index (χ0n) is 16.8. The Morgan fingerprint density at radius 2 is 2.00 bits per heavy atom. The standard InChI is InChI=1S/C21H28N2O6S/c1-30(27,28)23-20-10-18(7-8-21(20)26)29-13-17(25)12-22-11-15-4-2-3-14-5-6-16(24)9-19(14)15/h5-10,15,17,22-26H,2-4,11-13H2,1H3/t15?,17-/m0/s1. The third-order valence-electron chi connectivity index (χ3n) is 5.04. The number of hydrogen-bond donors (Lipinski definition) is 5. The predicted octanol–water partition coefficient (Wildman–Crippen LogP) is 1.92. The first-order chi connectivity index (χ1) is 14.2. The topological polar surface area (TPSA) is 128 Å². The number of aliphatic hydroxyl groups is 1. The second-order valence-electron chi connectivity index (χ2n) is 7.65. The van der Waals surface area contributed by atoms with Crippen LogP contribution in [0.15, 0.2) is 36.4 Å². The van der Waals surface area contributed by atoms with Crippen molar-refractivity contribution >= 4 is 15.7 Å². The smallest absolute Gasteiger partial charge is 0.229 e. The van der Waals surface area contributed by atoms with Gasteiger partial charge in [-0.2, -0.15) is 0 Å². The van der Waals surface area contributed by atoms with Crippen molar-refractivity contribution < 1.29 is 28.5 Å². The molecule has 0 amide bonds. The van der Waals surface area contributed by atoms with Gasteiger partial charge in [-0.3, -0.25) is 4.72 Å². The van der Waals surface area contributed by atoms with Gasteiger partial charge >= 0.3 is 0 Å². The molecule has 1 aliphatic carbocycles. The van der Waals surface area contributed by atoms with E-state index >= 15 is 0 Å². The lowest BCUT2D eigenvalue weighted by molar-refractivity contribution is 0.106. The highest BCUT2D eigenvalue weighted by Gasteiger charge is 2.20. The maximum Gasteiger partial charge on any atom is 0.229 e. The Morgan fingerprint density at radius 1 is 1.20 bits per heavy atom. The lowest BCUT2D eigenvalue weighted by Gasteiger charge is -2.26. The number of rotatable bonds is 9. The van der Waals surface area contributed by atoms with E-state index in [1.807, 2.05) is 12.1 Å². The van der Waals surface area contributed by atoms with E-state index in [0.29, 0.717) is 18.8 Å². The summed E-state index contributed by atoms with van der Waals surface area (Å²) in [6.07, 6.45) is 3.37. The van der Waals surface area contributed by atoms with E-state index in [-0.39, 0.29) is 29.7 Å². The molecular formula is C21H28N2O6S. The summed E-state index contributed by atoms with van der Waals surface area (Å²) in [5.74, 6) is 0.673. The average Bonchev–Trinajstić information content (AvgIpc) is 2.68. The van der Waals surface area contributed by atoms with E-state index in [2.05, 4.69) is 10.0 Å². The van der Waals surface area contributed by atoms with E-state index in [1.165, 1.54) is 23.8 Å². The molecule has 8 nitrogen and oxygen atoms in total. The zero-order valence-corrected chi connectivity index (χ0v) is 17.7. The normalized spacial score (nSPS) is 17.2. The first-order valence-electron chi connectivity index (χ1n) is 9.85. The molecule has 2 aromatic carbocycles. The van der Waals surface area contributed by atoms with Crippen LogP contribution >= 0.6 is 0 Å². The highest BCUT2D eigenvalue weighted by Crippen LogP contribution is 2.33. The largest absolute Gasteiger partial charge is 0.508 e. The number of ether oxygens (including phenoxy) is 1. The van der Waals surface area contributed by atoms with E-state index < -0.39 is 16.1 Å². The number of nitrogens with one attached hydrogen (secondary N) is 2. The van der Waals surface area contributed by atoms with Crippen molar-refractivity contribution in [1.82, 2.24) is 5.32 Å². The van der Waals surface area contributed by atoms with Gasteiger partial charge in [-0.15, -0.1) is 0 Å². The second kappa shape index (κ2) is 9.55. The van der Waals surface area contributed by atoms with Gasteiger partial charge in [-0.25, -0.2) is 8.42 Å². The molecule has 1 unspecified atom stereocenters. The van der Waals surface area contributed by atoms with Crippen molar-refractivity contribution in [3.05, 3.63) is 47.5 Å². The number of benzene rings is 2. The van der Waals surface area contributed by atoms with Crippen molar-refractivity contribution in [2.45, 2.75) is 31.3 Å². The van der Waals surface area contributed by atoms with Crippen LogP contribution in [0.2, 0.25) is 0 Å². The Hall–Kier alpha value is -2.49. The fourth-order valence-corrected chi connectivity index (χ4v) is 4.22. The molecule has 2 aromatic rings. The van der Waals surface area contributed by atoms with Crippen LogP contribution in [0, 0.1) is 0 Å². The summed E-state index contributed by atoms with van der Waals surface area (Å²) < 4.78 is 30.4. The third kappa shape index (κ3) is 6.25. The van der Waals surface area contributed by atoms with Crippen LogP contribution in [0.4, 0.5) is 5.69 Å². The Morgan fingerprint density at radius 3 is 2.77 bits per heavy atom. The maximum atomic E-state index is 11.3. The first kappa shape index (κ1) is 22.2. The number of phenols is 2. The van der Waals surface area contributed by atoms with Gasteiger partial charge in [-0.05, 0) is 60.6 Å². The minimum Gasteiger partial charge on any atom is -0.508 e. The maximum absolute atomic E-state index is 11.3. The number of aromatic hydroxyl groups is 2. The van der Waals surface area contributed by atoms with Crippen LogP contribution < -0.4 is 14.8 Å². The molecule has 0 saturated heterocycles. The summed E-state index contributed by atoms with van der Waals surface area (Å²) in [5.41, 5.74) is 2.44. The van der Waals surface area contributed by atoms with Gasteiger partial charge in [0.2, 0.25) is 10.0 Å². The molecule has 30 heavy (non-hydrogen) atoms. The SMILES string of the molecule is CS(=O)(=O)Nc1cc(OC[C@@H](O)CNCC2CCCc3ccc(O)cc32)ccc1O. The van der Waals surface area contributed by atoms with Crippen LogP contribution in [0.25, 0.3) is 0 Å². The highest BCUT2D eigenvalue weighted by molar-refractivity contribution is 7.92. The zero-order chi connectivity index (χ0) is 21.7. The molecule has 0 bridgehead atoms. The van der Waals surface area contributed by atoms with Gasteiger partial charge in [0.25, 0.3) is 0 Å². The number of sulfonamides is 1. The summed E-state index contributed by atoms with van der Waals surface area (Å²) in [5, 5.41) is 33.0. The summed E-state index contributed by atoms with van der Waals surface area (Å²) in [4.78, 5) is 0. The van der Waals surface area contributed by atoms with Crippen molar-refractivity contribution in [3.63, 3.8) is 0 Å². The molecule has 2 atom stereocenters. The van der Waals surface area contributed by atoms with E-state index in [1.54, 1.807) is 6.07 Å². The molecule has 1 aliphatic rings. The molecule has 0 aromatic heterocycles. The van der Waals surface area contributed by atoms with E-state index in [0.717, 1.165) is 31.1 Å². The van der Waals surface area contributed by atoms with Crippen LogP contribution in [-0.2, 0) is 16.4 Å². The lowest BCUT2D eigenvalue weighted by atomic mass is 9.82. The van der Waals surface area contributed by atoms with Gasteiger partial charge in [-0.1, -0.05) is 6.07 Å². The number of hydrogen-bond acceptors (Lipinski definition) is 7. The van der Waals surface area contributed by atoms with Crippen molar-refractivity contribution in [1.29, 1.82) is 0 Å². The molecule has 0 radical (unpaired) electrons. The molecule has 5 N–H and O–H groups in total. The van der Waals surface area contributed by atoms with Crippen molar-refractivity contribution in [2.75, 3.05) is 30.7 Å². The van der Waals surface area contributed by atoms with Gasteiger partial charge in [0, 0.05) is 19.2 Å². The fraction of sp³-hybridized carbons (Fsp3) is 0.429. The van der Waals surface area contributed by atoms with E-state index in [4.69, 9.17) is 4.74 Å². The van der Waals surface area contributed by atoms with Crippen LogP contribution in [0.1, 0.15) is 29.9 Å². The Balaban J connectivity index is 1.48. The van der Waals surface area contributed by atoms with Gasteiger partial charge in [0.1, 0.15) is 30.0 Å². The van der Waals surface area contributed by atoms with Crippen LogP contribution in [-0.4, -0.2) is 55.8 Å². The number of anilines is 1. The number of aliphatic hydroxyl groups excluding tert-OH is 1. The third-order valence-corrected chi connectivity index (χ3v) is 5.64. The second-order valence-corrected chi connectivity index (χ2v) is 9.40. The molecule has 0 spiro atoms. The van der Waals surface area contributed by atoms with Crippen LogP contribution in [0.3, 0.4) is 0 Å². The molecule has 9 heteroatoms. The summed E-state index contributed by atoms with van der Waals surface area (Å²) in [7, 11) is -3.54. The van der Waals surface area contributed by atoms with Crippen molar-refractivity contribution in [3.8, 4) is 17.2 Å². The number of fused-ring (bicyclic) bond motifs is 1. The lowest BCUT2D eigenvalue weighted by Crippen LogP contribution is -2.34. The summed E-state index contributed by atoms with van der Waals surface area (Å²) in [6, 6.07) is 9.70. The summed E-state index contributed by atoms with van der Waals surface area (Å²) in [6.45, 7) is 1.03. The quantitative estimate of drug-likeness (QED) is 0.380. The molecule has 0 heterocycles. The number of aryl methyl sites for hydroxylation is 1. The summed E-state index contributed by atoms with van der Waals surface area (Å²) >= 11 is 0. The molecule has 0 saturated carbocycles. The predicted molar refractivity (Wildman–Crippen MR) is 115 cm³/mol. The minimum absolute atomic E-state index is 0.0120. The molecular weight excluding hydrogens is 408 g/mol. The van der Waals surface area contributed by atoms with Crippen molar-refractivity contribution in [2.24, 2.45) is 0 Å². The van der Waals surface area contributed by atoms with Gasteiger partial charge < -0.3 is 25.4 Å². The monoisotopic (exact) mass is 436 g/mol. The minimum atomic E-state index is -3.54. The van der Waals surface area contributed by atoms with Gasteiger partial charge in [0.15, 0.2) is 0 Å².